The van der Waals surface area contributed by atoms with E-state index in [2.05, 4.69) is 21.2 Å². The van der Waals surface area contributed by atoms with Gasteiger partial charge in [-0.15, -0.1) is 0 Å². The first-order valence-corrected chi connectivity index (χ1v) is 7.19. The van der Waals surface area contributed by atoms with Gasteiger partial charge in [0.05, 0.1) is 11.6 Å². The van der Waals surface area contributed by atoms with Gasteiger partial charge >= 0.3 is 5.97 Å². The van der Waals surface area contributed by atoms with E-state index < -0.39 is 11.9 Å². The molecule has 8 heteroatoms. The van der Waals surface area contributed by atoms with E-state index >= 15 is 0 Å². The maximum atomic E-state index is 11.4. The molecule has 0 aromatic heterocycles. The zero-order chi connectivity index (χ0) is 15.7. The van der Waals surface area contributed by atoms with Crippen molar-refractivity contribution in [2.24, 2.45) is 0 Å². The number of hydrogen-bond donors (Lipinski definition) is 1. The smallest absolute Gasteiger partial charge is 0.344 e. The third-order valence-corrected chi connectivity index (χ3v) is 3.02. The highest BCUT2D eigenvalue weighted by Gasteiger charge is 2.09. The molecule has 0 aliphatic rings. The van der Waals surface area contributed by atoms with Gasteiger partial charge in [0.2, 0.25) is 0 Å². The second kappa shape index (κ2) is 9.59. The fourth-order valence-corrected chi connectivity index (χ4v) is 1.99. The van der Waals surface area contributed by atoms with Gasteiger partial charge in [-0.1, -0.05) is 27.5 Å². The van der Waals surface area contributed by atoms with Crippen molar-refractivity contribution in [3.05, 3.63) is 27.7 Å². The topological polar surface area (TPSA) is 73.9 Å². The summed E-state index contributed by atoms with van der Waals surface area (Å²) < 4.78 is 15.5. The second-order valence-electron chi connectivity index (χ2n) is 3.87. The van der Waals surface area contributed by atoms with Gasteiger partial charge in [-0.25, -0.2) is 4.79 Å². The van der Waals surface area contributed by atoms with Gasteiger partial charge in [0.1, 0.15) is 5.75 Å². The van der Waals surface area contributed by atoms with Gasteiger partial charge in [-0.2, -0.15) is 0 Å². The van der Waals surface area contributed by atoms with E-state index in [-0.39, 0.29) is 13.2 Å². The summed E-state index contributed by atoms with van der Waals surface area (Å²) in [5, 5.41) is 2.89. The van der Waals surface area contributed by atoms with Crippen LogP contribution in [0.25, 0.3) is 0 Å². The monoisotopic (exact) mass is 379 g/mol. The molecule has 0 spiro atoms. The number of hydrogen-bond acceptors (Lipinski definition) is 5. The number of benzene rings is 1. The molecule has 21 heavy (non-hydrogen) atoms. The van der Waals surface area contributed by atoms with Crippen LogP contribution < -0.4 is 10.1 Å². The molecule has 1 N–H and O–H groups in total. The molecule has 1 aromatic carbocycles. The van der Waals surface area contributed by atoms with E-state index in [0.29, 0.717) is 23.9 Å². The summed E-state index contributed by atoms with van der Waals surface area (Å²) in [6.07, 6.45) is 0. The summed E-state index contributed by atoms with van der Waals surface area (Å²) >= 11 is 9.19. The molecule has 0 atom stereocenters. The molecule has 0 aliphatic carbocycles. The lowest BCUT2D eigenvalue weighted by molar-refractivity contribution is -0.150. The summed E-state index contributed by atoms with van der Waals surface area (Å²) in [6.45, 7) is 0.0649. The quantitative estimate of drug-likeness (QED) is 0.550. The Morgan fingerprint density at radius 2 is 2.10 bits per heavy atom. The number of esters is 1. The van der Waals surface area contributed by atoms with Gasteiger partial charge in [-0.3, -0.25) is 4.79 Å². The first-order chi connectivity index (χ1) is 10.0. The van der Waals surface area contributed by atoms with Crippen LogP contribution in [0, 0.1) is 0 Å². The Balaban J connectivity index is 2.26. The fourth-order valence-electron chi connectivity index (χ4n) is 1.26. The summed E-state index contributed by atoms with van der Waals surface area (Å²) in [7, 11) is 1.52. The van der Waals surface area contributed by atoms with E-state index in [1.165, 1.54) is 7.11 Å². The second-order valence-corrected chi connectivity index (χ2v) is 5.19. The molecule has 116 valence electrons. The molecule has 0 unspecified atom stereocenters. The van der Waals surface area contributed by atoms with Crippen molar-refractivity contribution in [2.75, 3.05) is 33.5 Å². The van der Waals surface area contributed by atoms with E-state index in [4.69, 9.17) is 25.8 Å². The molecule has 0 radical (unpaired) electrons. The average Bonchev–Trinajstić information content (AvgIpc) is 2.44. The number of methoxy groups -OCH3 is 1. The molecular formula is C13H15BrClNO5. The highest BCUT2D eigenvalue weighted by Crippen LogP contribution is 2.27. The number of halogens is 2. The molecule has 0 aliphatic heterocycles. The van der Waals surface area contributed by atoms with Crippen LogP contribution in [-0.4, -0.2) is 45.4 Å². The van der Waals surface area contributed by atoms with Crippen LogP contribution in [0.2, 0.25) is 5.02 Å². The van der Waals surface area contributed by atoms with E-state index in [1.54, 1.807) is 18.2 Å². The van der Waals surface area contributed by atoms with E-state index in [1.807, 2.05) is 0 Å². The Hall–Kier alpha value is -1.31. The highest BCUT2D eigenvalue weighted by atomic mass is 79.9. The largest absolute Gasteiger partial charge is 0.480 e. The first-order valence-electron chi connectivity index (χ1n) is 6.02. The van der Waals surface area contributed by atoms with Crippen LogP contribution in [0.5, 0.6) is 5.75 Å². The summed E-state index contributed by atoms with van der Waals surface area (Å²) in [5.41, 5.74) is 0. The third kappa shape index (κ3) is 7.31. The first kappa shape index (κ1) is 17.7. The van der Waals surface area contributed by atoms with Crippen LogP contribution in [0.3, 0.4) is 0 Å². The summed E-state index contributed by atoms with van der Waals surface area (Å²) in [6, 6.07) is 5.00. The lowest BCUT2D eigenvalue weighted by Crippen LogP contribution is -2.32. The predicted molar refractivity (Wildman–Crippen MR) is 80.5 cm³/mol. The maximum Gasteiger partial charge on any atom is 0.344 e. The lowest BCUT2D eigenvalue weighted by Gasteiger charge is -2.09. The van der Waals surface area contributed by atoms with Crippen LogP contribution in [-0.2, 0) is 19.1 Å². The SMILES string of the molecule is COCCNC(=O)COC(=O)COc1ccc(Br)cc1Cl. The minimum Gasteiger partial charge on any atom is -0.480 e. The van der Waals surface area contributed by atoms with Gasteiger partial charge in [0.15, 0.2) is 13.2 Å². The van der Waals surface area contributed by atoms with Crippen LogP contribution in [0.1, 0.15) is 0 Å². The third-order valence-electron chi connectivity index (χ3n) is 2.23. The molecule has 0 saturated carbocycles. The number of nitrogens with one attached hydrogen (secondary N) is 1. The average molecular weight is 381 g/mol. The van der Waals surface area contributed by atoms with Crippen molar-refractivity contribution in [1.29, 1.82) is 0 Å². The Bertz CT molecular complexity index is 497. The van der Waals surface area contributed by atoms with E-state index in [0.717, 1.165) is 4.47 Å². The maximum absolute atomic E-state index is 11.4. The zero-order valence-electron chi connectivity index (χ0n) is 11.4. The fraction of sp³-hybridized carbons (Fsp3) is 0.385. The molecule has 1 rings (SSSR count). The van der Waals surface area contributed by atoms with Crippen LogP contribution in [0.4, 0.5) is 0 Å². The number of amides is 1. The lowest BCUT2D eigenvalue weighted by atomic mass is 10.3. The van der Waals surface area contributed by atoms with Crippen molar-refractivity contribution in [3.63, 3.8) is 0 Å². The van der Waals surface area contributed by atoms with Crippen LogP contribution in [0.15, 0.2) is 22.7 Å². The predicted octanol–water partition coefficient (Wildman–Crippen LogP) is 1.79. The number of carbonyl (C=O) groups is 2. The standard InChI is InChI=1S/C13H15BrClNO5/c1-19-5-4-16-12(17)7-21-13(18)8-20-11-3-2-9(14)6-10(11)15/h2-3,6H,4-5,7-8H2,1H3,(H,16,17). The number of carbonyl (C=O) groups excluding carboxylic acids is 2. The molecule has 0 heterocycles. The number of ether oxygens (including phenoxy) is 3. The van der Waals surface area contributed by atoms with Gasteiger partial charge in [0, 0.05) is 18.1 Å². The normalized spacial score (nSPS) is 10.0. The molecule has 1 amide bonds. The van der Waals surface area contributed by atoms with Gasteiger partial charge in [-0.05, 0) is 18.2 Å². The number of rotatable bonds is 8. The van der Waals surface area contributed by atoms with Crippen molar-refractivity contribution < 1.29 is 23.8 Å². The molecule has 0 fully saturated rings. The zero-order valence-corrected chi connectivity index (χ0v) is 13.7. The van der Waals surface area contributed by atoms with E-state index in [9.17, 15) is 9.59 Å². The Labute approximate surface area is 135 Å². The van der Waals surface area contributed by atoms with Gasteiger partial charge in [0.25, 0.3) is 5.91 Å². The summed E-state index contributed by atoms with van der Waals surface area (Å²) in [5.74, 6) is -0.695. The molecule has 1 aromatic rings. The van der Waals surface area contributed by atoms with Crippen molar-refractivity contribution >= 4 is 39.4 Å². The Morgan fingerprint density at radius 1 is 1.33 bits per heavy atom. The summed E-state index contributed by atoms with van der Waals surface area (Å²) in [4.78, 5) is 22.7. The minimum atomic E-state index is -0.657. The Kier molecular flexibility index (Phi) is 8.11. The highest BCUT2D eigenvalue weighted by molar-refractivity contribution is 9.10. The minimum absolute atomic E-state index is 0.327. The molecule has 6 nitrogen and oxygen atoms in total. The Morgan fingerprint density at radius 3 is 2.76 bits per heavy atom. The molecule has 0 bridgehead atoms. The van der Waals surface area contributed by atoms with Crippen molar-refractivity contribution in [1.82, 2.24) is 5.32 Å². The van der Waals surface area contributed by atoms with Crippen molar-refractivity contribution in [3.8, 4) is 5.75 Å². The van der Waals surface area contributed by atoms with Crippen molar-refractivity contribution in [2.45, 2.75) is 0 Å². The molecule has 0 saturated heterocycles. The molecular weight excluding hydrogens is 366 g/mol. The van der Waals surface area contributed by atoms with Crippen LogP contribution >= 0.6 is 27.5 Å². The van der Waals surface area contributed by atoms with Gasteiger partial charge < -0.3 is 19.5 Å².